The number of hydrogen-bond acceptors (Lipinski definition) is 2. The van der Waals surface area contributed by atoms with Crippen molar-refractivity contribution in [2.45, 2.75) is 31.8 Å². The van der Waals surface area contributed by atoms with Crippen molar-refractivity contribution in [1.29, 1.82) is 0 Å². The summed E-state index contributed by atoms with van der Waals surface area (Å²) in [5.41, 5.74) is 1.13. The summed E-state index contributed by atoms with van der Waals surface area (Å²) >= 11 is 0. The standard InChI is InChI=1S/C13H16O2/c1-4-11-12(15-13(2,3)14-11)10-8-6-5-7-9-10/h4-9,11-12H,1H2,2-3H3/t11-,12-/m1/s1. The van der Waals surface area contributed by atoms with Crippen molar-refractivity contribution in [3.63, 3.8) is 0 Å². The van der Waals surface area contributed by atoms with Crippen LogP contribution >= 0.6 is 0 Å². The highest BCUT2D eigenvalue weighted by atomic mass is 16.7. The third-order valence-electron chi connectivity index (χ3n) is 2.49. The van der Waals surface area contributed by atoms with Gasteiger partial charge in [-0.15, -0.1) is 6.58 Å². The fraction of sp³-hybridized carbons (Fsp3) is 0.385. The van der Waals surface area contributed by atoms with Crippen LogP contribution in [-0.4, -0.2) is 11.9 Å². The van der Waals surface area contributed by atoms with Crippen LogP contribution in [0.1, 0.15) is 25.5 Å². The molecule has 2 rings (SSSR count). The van der Waals surface area contributed by atoms with Gasteiger partial charge >= 0.3 is 0 Å². The molecule has 1 aromatic rings. The van der Waals surface area contributed by atoms with Crippen molar-refractivity contribution in [3.05, 3.63) is 48.6 Å². The molecule has 0 amide bonds. The van der Waals surface area contributed by atoms with E-state index >= 15 is 0 Å². The molecule has 0 saturated carbocycles. The second kappa shape index (κ2) is 3.80. The first-order valence-corrected chi connectivity index (χ1v) is 5.15. The van der Waals surface area contributed by atoms with E-state index in [1.807, 2.05) is 44.2 Å². The van der Waals surface area contributed by atoms with Crippen LogP contribution in [0, 0.1) is 0 Å². The van der Waals surface area contributed by atoms with Gasteiger partial charge in [-0.2, -0.15) is 0 Å². The van der Waals surface area contributed by atoms with E-state index in [0.29, 0.717) is 0 Å². The summed E-state index contributed by atoms with van der Waals surface area (Å²) in [6.45, 7) is 7.63. The summed E-state index contributed by atoms with van der Waals surface area (Å²) < 4.78 is 11.6. The fourth-order valence-corrected chi connectivity index (χ4v) is 1.86. The third kappa shape index (κ3) is 2.11. The third-order valence-corrected chi connectivity index (χ3v) is 2.49. The van der Waals surface area contributed by atoms with Crippen LogP contribution in [0.15, 0.2) is 43.0 Å². The van der Waals surface area contributed by atoms with Gasteiger partial charge in [-0.3, -0.25) is 0 Å². The summed E-state index contributed by atoms with van der Waals surface area (Å²) in [6.07, 6.45) is 1.69. The normalized spacial score (nSPS) is 28.9. The van der Waals surface area contributed by atoms with Gasteiger partial charge in [0.15, 0.2) is 5.79 Å². The Hall–Kier alpha value is -1.12. The lowest BCUT2D eigenvalue weighted by atomic mass is 10.1. The Morgan fingerprint density at radius 3 is 2.47 bits per heavy atom. The summed E-state index contributed by atoms with van der Waals surface area (Å²) in [4.78, 5) is 0. The summed E-state index contributed by atoms with van der Waals surface area (Å²) in [5, 5.41) is 0. The molecule has 1 heterocycles. The molecule has 80 valence electrons. The van der Waals surface area contributed by atoms with Gasteiger partial charge in [0, 0.05) is 0 Å². The van der Waals surface area contributed by atoms with Crippen LogP contribution in [-0.2, 0) is 9.47 Å². The number of ether oxygens (including phenoxy) is 2. The molecule has 1 saturated heterocycles. The van der Waals surface area contributed by atoms with Crippen LogP contribution < -0.4 is 0 Å². The van der Waals surface area contributed by atoms with Crippen molar-refractivity contribution in [2.75, 3.05) is 0 Å². The second-order valence-electron chi connectivity index (χ2n) is 4.17. The van der Waals surface area contributed by atoms with Gasteiger partial charge < -0.3 is 9.47 Å². The average Bonchev–Trinajstić information content (AvgIpc) is 2.55. The van der Waals surface area contributed by atoms with E-state index in [1.54, 1.807) is 6.08 Å². The van der Waals surface area contributed by atoms with Crippen LogP contribution in [0.5, 0.6) is 0 Å². The molecule has 0 aromatic heterocycles. The molecule has 2 nitrogen and oxygen atoms in total. The van der Waals surface area contributed by atoms with Gasteiger partial charge in [0.1, 0.15) is 12.2 Å². The van der Waals surface area contributed by atoms with Crippen molar-refractivity contribution in [2.24, 2.45) is 0 Å². The lowest BCUT2D eigenvalue weighted by Gasteiger charge is -2.16. The van der Waals surface area contributed by atoms with Gasteiger partial charge in [-0.25, -0.2) is 0 Å². The molecule has 0 N–H and O–H groups in total. The maximum Gasteiger partial charge on any atom is 0.164 e. The lowest BCUT2D eigenvalue weighted by molar-refractivity contribution is -0.143. The Bertz CT molecular complexity index is 343. The molecule has 1 aliphatic rings. The number of hydrogen-bond donors (Lipinski definition) is 0. The van der Waals surface area contributed by atoms with Crippen LogP contribution in [0.3, 0.4) is 0 Å². The molecule has 1 aromatic carbocycles. The molecule has 2 atom stereocenters. The van der Waals surface area contributed by atoms with Crippen LogP contribution in [0.4, 0.5) is 0 Å². The minimum Gasteiger partial charge on any atom is -0.340 e. The highest BCUT2D eigenvalue weighted by Gasteiger charge is 2.40. The SMILES string of the molecule is C=C[C@H]1OC(C)(C)O[C@@H]1c1ccccc1. The smallest absolute Gasteiger partial charge is 0.164 e. The molecule has 0 bridgehead atoms. The van der Waals surface area contributed by atoms with E-state index in [0.717, 1.165) is 5.56 Å². The number of rotatable bonds is 2. The molecule has 2 heteroatoms. The summed E-state index contributed by atoms with van der Waals surface area (Å²) in [6, 6.07) is 10.1. The highest BCUT2D eigenvalue weighted by Crippen LogP contribution is 2.38. The highest BCUT2D eigenvalue weighted by molar-refractivity contribution is 5.21. The first-order valence-electron chi connectivity index (χ1n) is 5.15. The second-order valence-corrected chi connectivity index (χ2v) is 4.17. The molecule has 1 fully saturated rings. The maximum absolute atomic E-state index is 5.84. The zero-order valence-corrected chi connectivity index (χ0v) is 9.14. The van der Waals surface area contributed by atoms with E-state index in [1.165, 1.54) is 0 Å². The van der Waals surface area contributed by atoms with Gasteiger partial charge in [-0.1, -0.05) is 36.4 Å². The minimum atomic E-state index is -0.528. The van der Waals surface area contributed by atoms with Gasteiger partial charge in [0.05, 0.1) is 0 Å². The zero-order chi connectivity index (χ0) is 10.9. The molecule has 0 spiro atoms. The van der Waals surface area contributed by atoms with Crippen molar-refractivity contribution in [3.8, 4) is 0 Å². The molecular formula is C13H16O2. The molecule has 0 unspecified atom stereocenters. The summed E-state index contributed by atoms with van der Waals surface area (Å²) in [7, 11) is 0. The Labute approximate surface area is 90.5 Å². The van der Waals surface area contributed by atoms with Gasteiger partial charge in [-0.05, 0) is 19.4 Å². The maximum atomic E-state index is 5.84. The van der Waals surface area contributed by atoms with E-state index < -0.39 is 5.79 Å². The van der Waals surface area contributed by atoms with Crippen LogP contribution in [0.2, 0.25) is 0 Å². The minimum absolute atomic E-state index is 0.0429. The van der Waals surface area contributed by atoms with Crippen molar-refractivity contribution in [1.82, 2.24) is 0 Å². The Kier molecular flexibility index (Phi) is 2.63. The summed E-state index contributed by atoms with van der Waals surface area (Å²) in [5.74, 6) is -0.528. The first-order chi connectivity index (χ1) is 7.12. The molecule has 1 aliphatic heterocycles. The topological polar surface area (TPSA) is 18.5 Å². The predicted molar refractivity (Wildman–Crippen MR) is 59.4 cm³/mol. The van der Waals surface area contributed by atoms with Crippen LogP contribution in [0.25, 0.3) is 0 Å². The van der Waals surface area contributed by atoms with Gasteiger partial charge in [0.25, 0.3) is 0 Å². The molecular weight excluding hydrogens is 188 g/mol. The largest absolute Gasteiger partial charge is 0.340 e. The fourth-order valence-electron chi connectivity index (χ4n) is 1.86. The predicted octanol–water partition coefficient (Wildman–Crippen LogP) is 3.07. The number of benzene rings is 1. The molecule has 0 radical (unpaired) electrons. The molecule has 0 aliphatic carbocycles. The van der Waals surface area contributed by atoms with E-state index in [-0.39, 0.29) is 12.2 Å². The zero-order valence-electron chi connectivity index (χ0n) is 9.14. The Balaban J connectivity index is 2.26. The van der Waals surface area contributed by atoms with Crippen molar-refractivity contribution < 1.29 is 9.47 Å². The molecule has 15 heavy (non-hydrogen) atoms. The van der Waals surface area contributed by atoms with Gasteiger partial charge in [0.2, 0.25) is 0 Å². The first kappa shape index (κ1) is 10.4. The average molecular weight is 204 g/mol. The van der Waals surface area contributed by atoms with E-state index in [9.17, 15) is 0 Å². The Morgan fingerprint density at radius 1 is 1.20 bits per heavy atom. The monoisotopic (exact) mass is 204 g/mol. The lowest BCUT2D eigenvalue weighted by Crippen LogP contribution is -2.20. The Morgan fingerprint density at radius 2 is 1.87 bits per heavy atom. The van der Waals surface area contributed by atoms with E-state index in [4.69, 9.17) is 9.47 Å². The van der Waals surface area contributed by atoms with Crippen molar-refractivity contribution >= 4 is 0 Å². The quantitative estimate of drug-likeness (QED) is 0.689. The van der Waals surface area contributed by atoms with E-state index in [2.05, 4.69) is 6.58 Å².